The minimum Gasteiger partial charge on any atom is -0.312 e. The summed E-state index contributed by atoms with van der Waals surface area (Å²) in [6.45, 7) is 4.13. The molecule has 0 saturated carbocycles. The highest BCUT2D eigenvalue weighted by Crippen LogP contribution is 2.20. The standard InChI is InChI=1S/C17H21NOS/c1-13-8-10-15(11-9-13)20(19)12-17(18-3)16-7-5-4-6-14(16)2/h4-11,17-18H,12H2,1-3H3. The van der Waals surface area contributed by atoms with Gasteiger partial charge in [0, 0.05) is 16.7 Å². The lowest BCUT2D eigenvalue weighted by Crippen LogP contribution is -2.23. The van der Waals surface area contributed by atoms with E-state index in [4.69, 9.17) is 0 Å². The largest absolute Gasteiger partial charge is 0.312 e. The van der Waals surface area contributed by atoms with Crippen molar-refractivity contribution in [2.75, 3.05) is 12.8 Å². The zero-order chi connectivity index (χ0) is 14.5. The van der Waals surface area contributed by atoms with Gasteiger partial charge >= 0.3 is 0 Å². The zero-order valence-electron chi connectivity index (χ0n) is 12.2. The molecule has 2 atom stereocenters. The Morgan fingerprint density at radius 3 is 2.30 bits per heavy atom. The van der Waals surface area contributed by atoms with Crippen molar-refractivity contribution in [1.82, 2.24) is 5.32 Å². The van der Waals surface area contributed by atoms with Gasteiger partial charge in [-0.2, -0.15) is 0 Å². The number of rotatable bonds is 5. The van der Waals surface area contributed by atoms with E-state index in [0.29, 0.717) is 5.75 Å². The third-order valence-electron chi connectivity index (χ3n) is 3.51. The Hall–Kier alpha value is -1.45. The SMILES string of the molecule is CNC(CS(=O)c1ccc(C)cc1)c1ccccc1C. The number of hydrogen-bond acceptors (Lipinski definition) is 2. The molecule has 0 aromatic heterocycles. The van der Waals surface area contributed by atoms with Crippen molar-refractivity contribution in [2.24, 2.45) is 0 Å². The Labute approximate surface area is 123 Å². The first-order valence-electron chi connectivity index (χ1n) is 6.79. The van der Waals surface area contributed by atoms with E-state index >= 15 is 0 Å². The van der Waals surface area contributed by atoms with Crippen LogP contribution in [0, 0.1) is 13.8 Å². The van der Waals surface area contributed by atoms with Crippen molar-refractivity contribution in [3.8, 4) is 0 Å². The molecule has 1 N–H and O–H groups in total. The summed E-state index contributed by atoms with van der Waals surface area (Å²) >= 11 is 0. The maximum Gasteiger partial charge on any atom is 0.0548 e. The Balaban J connectivity index is 2.16. The maximum absolute atomic E-state index is 12.5. The van der Waals surface area contributed by atoms with E-state index in [1.807, 2.05) is 50.4 Å². The van der Waals surface area contributed by atoms with Gasteiger partial charge in [0.15, 0.2) is 0 Å². The first-order valence-corrected chi connectivity index (χ1v) is 8.11. The van der Waals surface area contributed by atoms with Gasteiger partial charge in [-0.05, 0) is 44.2 Å². The van der Waals surface area contributed by atoms with Crippen LogP contribution in [0.25, 0.3) is 0 Å². The molecule has 0 fully saturated rings. The molecule has 20 heavy (non-hydrogen) atoms. The summed E-state index contributed by atoms with van der Waals surface area (Å²) in [4.78, 5) is 0.893. The predicted octanol–water partition coefficient (Wildman–Crippen LogP) is 3.37. The van der Waals surface area contributed by atoms with Gasteiger partial charge in [-0.3, -0.25) is 4.21 Å². The molecule has 2 nitrogen and oxygen atoms in total. The molecule has 0 aliphatic carbocycles. The second-order valence-corrected chi connectivity index (χ2v) is 6.52. The average molecular weight is 287 g/mol. The van der Waals surface area contributed by atoms with Crippen molar-refractivity contribution < 1.29 is 4.21 Å². The van der Waals surface area contributed by atoms with Crippen molar-refractivity contribution in [2.45, 2.75) is 24.8 Å². The average Bonchev–Trinajstić information content (AvgIpc) is 2.46. The van der Waals surface area contributed by atoms with Crippen LogP contribution in [0.4, 0.5) is 0 Å². The molecular weight excluding hydrogens is 266 g/mol. The lowest BCUT2D eigenvalue weighted by molar-refractivity contribution is 0.633. The lowest BCUT2D eigenvalue weighted by atomic mass is 10.0. The quantitative estimate of drug-likeness (QED) is 0.913. The summed E-state index contributed by atoms with van der Waals surface area (Å²) in [5.74, 6) is 0.588. The molecule has 0 heterocycles. The minimum absolute atomic E-state index is 0.110. The molecule has 2 unspecified atom stereocenters. The number of benzene rings is 2. The van der Waals surface area contributed by atoms with Gasteiger partial charge in [0.25, 0.3) is 0 Å². The van der Waals surface area contributed by atoms with Crippen LogP contribution in [0.1, 0.15) is 22.7 Å². The Morgan fingerprint density at radius 2 is 1.70 bits per heavy atom. The summed E-state index contributed by atoms with van der Waals surface area (Å²) in [7, 11) is 0.927. The summed E-state index contributed by atoms with van der Waals surface area (Å²) in [6, 6.07) is 16.3. The Kier molecular flexibility index (Phi) is 5.10. The van der Waals surface area contributed by atoms with Crippen LogP contribution in [0.15, 0.2) is 53.4 Å². The zero-order valence-corrected chi connectivity index (χ0v) is 13.0. The molecule has 0 amide bonds. The topological polar surface area (TPSA) is 29.1 Å². The minimum atomic E-state index is -0.993. The van der Waals surface area contributed by atoms with Gasteiger partial charge in [-0.25, -0.2) is 0 Å². The van der Waals surface area contributed by atoms with E-state index in [0.717, 1.165) is 4.90 Å². The highest BCUT2D eigenvalue weighted by molar-refractivity contribution is 7.85. The highest BCUT2D eigenvalue weighted by atomic mass is 32.2. The normalized spacial score (nSPS) is 13.9. The van der Waals surface area contributed by atoms with E-state index in [1.165, 1.54) is 16.7 Å². The molecule has 3 heteroatoms. The van der Waals surface area contributed by atoms with Gasteiger partial charge in [0.2, 0.25) is 0 Å². The molecular formula is C17H21NOS. The first-order chi connectivity index (χ1) is 9.61. The third-order valence-corrected chi connectivity index (χ3v) is 4.95. The fraction of sp³-hybridized carbons (Fsp3) is 0.294. The van der Waals surface area contributed by atoms with Crippen LogP contribution in [0.2, 0.25) is 0 Å². The molecule has 0 spiro atoms. The van der Waals surface area contributed by atoms with Crippen molar-refractivity contribution in [1.29, 1.82) is 0 Å². The number of nitrogens with one attached hydrogen (secondary N) is 1. The molecule has 2 aromatic carbocycles. The molecule has 2 rings (SSSR count). The lowest BCUT2D eigenvalue weighted by Gasteiger charge is -2.18. The smallest absolute Gasteiger partial charge is 0.0548 e. The van der Waals surface area contributed by atoms with E-state index in [1.54, 1.807) is 0 Å². The number of hydrogen-bond donors (Lipinski definition) is 1. The van der Waals surface area contributed by atoms with E-state index in [-0.39, 0.29) is 6.04 Å². The second kappa shape index (κ2) is 6.82. The first kappa shape index (κ1) is 14.9. The van der Waals surface area contributed by atoms with Gasteiger partial charge in [0.05, 0.1) is 10.8 Å². The van der Waals surface area contributed by atoms with E-state index in [9.17, 15) is 4.21 Å². The molecule has 0 radical (unpaired) electrons. The van der Waals surface area contributed by atoms with Crippen LogP contribution in [-0.2, 0) is 10.8 Å². The fourth-order valence-electron chi connectivity index (χ4n) is 2.24. The molecule has 0 aliphatic heterocycles. The van der Waals surface area contributed by atoms with E-state index in [2.05, 4.69) is 24.4 Å². The van der Waals surface area contributed by atoms with Crippen LogP contribution < -0.4 is 5.32 Å². The maximum atomic E-state index is 12.5. The molecule has 2 aromatic rings. The van der Waals surface area contributed by atoms with Gasteiger partial charge in [-0.1, -0.05) is 42.0 Å². The monoisotopic (exact) mass is 287 g/mol. The van der Waals surface area contributed by atoms with Crippen LogP contribution >= 0.6 is 0 Å². The highest BCUT2D eigenvalue weighted by Gasteiger charge is 2.15. The summed E-state index contributed by atoms with van der Waals surface area (Å²) in [5, 5.41) is 3.28. The van der Waals surface area contributed by atoms with E-state index < -0.39 is 10.8 Å². The van der Waals surface area contributed by atoms with Gasteiger partial charge in [-0.15, -0.1) is 0 Å². The third kappa shape index (κ3) is 3.56. The van der Waals surface area contributed by atoms with Crippen LogP contribution in [-0.4, -0.2) is 17.0 Å². The van der Waals surface area contributed by atoms with Crippen LogP contribution in [0.3, 0.4) is 0 Å². The van der Waals surface area contributed by atoms with Crippen molar-refractivity contribution in [3.63, 3.8) is 0 Å². The molecule has 106 valence electrons. The molecule has 0 saturated heterocycles. The van der Waals surface area contributed by atoms with Gasteiger partial charge < -0.3 is 5.32 Å². The predicted molar refractivity (Wildman–Crippen MR) is 85.4 cm³/mol. The fourth-order valence-corrected chi connectivity index (χ4v) is 3.53. The Bertz CT molecular complexity index is 592. The number of aryl methyl sites for hydroxylation is 2. The second-order valence-electron chi connectivity index (χ2n) is 5.02. The van der Waals surface area contributed by atoms with Gasteiger partial charge in [0.1, 0.15) is 0 Å². The Morgan fingerprint density at radius 1 is 1.05 bits per heavy atom. The molecule has 0 aliphatic rings. The van der Waals surface area contributed by atoms with Crippen molar-refractivity contribution >= 4 is 10.8 Å². The van der Waals surface area contributed by atoms with Crippen molar-refractivity contribution in [3.05, 3.63) is 65.2 Å². The molecule has 0 bridgehead atoms. The van der Waals surface area contributed by atoms with Crippen LogP contribution in [0.5, 0.6) is 0 Å². The summed E-state index contributed by atoms with van der Waals surface area (Å²) < 4.78 is 12.5. The summed E-state index contributed by atoms with van der Waals surface area (Å²) in [6.07, 6.45) is 0. The summed E-state index contributed by atoms with van der Waals surface area (Å²) in [5.41, 5.74) is 3.64.